The van der Waals surface area contributed by atoms with Gasteiger partial charge in [-0.05, 0) is 36.4 Å². The van der Waals surface area contributed by atoms with Gasteiger partial charge in [-0.2, -0.15) is 0 Å². The molecule has 0 fully saturated rings. The summed E-state index contributed by atoms with van der Waals surface area (Å²) in [6.07, 6.45) is 2.90. The molecule has 0 radical (unpaired) electrons. The maximum atomic E-state index is 13.5. The van der Waals surface area contributed by atoms with E-state index in [4.69, 9.17) is 4.42 Å². The molecule has 3 aromatic rings. The lowest BCUT2D eigenvalue weighted by Crippen LogP contribution is -2.11. The molecule has 1 aromatic carbocycles. The van der Waals surface area contributed by atoms with E-state index in [-0.39, 0.29) is 17.5 Å². The van der Waals surface area contributed by atoms with E-state index in [1.54, 1.807) is 42.5 Å². The van der Waals surface area contributed by atoms with Crippen molar-refractivity contribution in [3.63, 3.8) is 0 Å². The van der Waals surface area contributed by atoms with E-state index >= 15 is 0 Å². The van der Waals surface area contributed by atoms with Gasteiger partial charge in [0, 0.05) is 0 Å². The number of nitrogens with zero attached hydrogens (tertiary/aromatic N) is 1. The summed E-state index contributed by atoms with van der Waals surface area (Å²) in [5.41, 5.74) is 0.850. The van der Waals surface area contributed by atoms with Crippen molar-refractivity contribution in [2.75, 3.05) is 10.6 Å². The molecule has 2 N–H and O–H groups in total. The van der Waals surface area contributed by atoms with E-state index in [9.17, 15) is 9.18 Å². The van der Waals surface area contributed by atoms with Crippen LogP contribution < -0.4 is 10.6 Å². The number of nitrogens with one attached hydrogen (secondary N) is 2. The summed E-state index contributed by atoms with van der Waals surface area (Å²) in [6, 6.07) is 12.8. The van der Waals surface area contributed by atoms with Gasteiger partial charge in [0.25, 0.3) is 5.91 Å². The largest absolute Gasteiger partial charge is 0.459 e. The van der Waals surface area contributed by atoms with Crippen LogP contribution in [-0.4, -0.2) is 10.9 Å². The van der Waals surface area contributed by atoms with Gasteiger partial charge in [-0.25, -0.2) is 9.37 Å². The number of amides is 1. The van der Waals surface area contributed by atoms with Gasteiger partial charge in [0.2, 0.25) is 0 Å². The van der Waals surface area contributed by atoms with Crippen molar-refractivity contribution in [2.24, 2.45) is 0 Å². The van der Waals surface area contributed by atoms with Crippen LogP contribution in [0, 0.1) is 5.82 Å². The normalized spacial score (nSPS) is 10.2. The van der Waals surface area contributed by atoms with E-state index in [1.165, 1.54) is 18.5 Å². The maximum Gasteiger partial charge on any atom is 0.291 e. The fraction of sp³-hybridized carbons (Fsp3) is 0. The standard InChI is InChI=1S/C16H12FN3O2/c17-12-4-1-2-5-13(12)20-15-8-7-11(10-18-15)19-16(21)14-6-3-9-22-14/h1-10H,(H,18,20)(H,19,21). The minimum absolute atomic E-state index is 0.216. The molecule has 0 aliphatic rings. The van der Waals surface area contributed by atoms with Crippen molar-refractivity contribution in [3.05, 3.63) is 72.6 Å². The van der Waals surface area contributed by atoms with Crippen molar-refractivity contribution in [3.8, 4) is 0 Å². The Morgan fingerprint density at radius 2 is 1.95 bits per heavy atom. The number of rotatable bonds is 4. The molecule has 5 nitrogen and oxygen atoms in total. The third-order valence-electron chi connectivity index (χ3n) is 2.90. The Morgan fingerprint density at radius 1 is 1.09 bits per heavy atom. The lowest BCUT2D eigenvalue weighted by atomic mass is 10.3. The zero-order chi connectivity index (χ0) is 15.4. The number of hydrogen-bond acceptors (Lipinski definition) is 4. The molecule has 0 unspecified atom stereocenters. The lowest BCUT2D eigenvalue weighted by Gasteiger charge is -2.07. The average Bonchev–Trinajstić information content (AvgIpc) is 3.06. The van der Waals surface area contributed by atoms with Gasteiger partial charge in [-0.3, -0.25) is 4.79 Å². The van der Waals surface area contributed by atoms with Crippen LogP contribution in [0.15, 0.2) is 65.4 Å². The van der Waals surface area contributed by atoms with Crippen LogP contribution in [-0.2, 0) is 0 Å². The minimum atomic E-state index is -0.362. The molecule has 2 aromatic heterocycles. The zero-order valence-corrected chi connectivity index (χ0v) is 11.4. The van der Waals surface area contributed by atoms with Crippen LogP contribution in [0.25, 0.3) is 0 Å². The first-order valence-electron chi connectivity index (χ1n) is 6.55. The first-order chi connectivity index (χ1) is 10.7. The van der Waals surface area contributed by atoms with Crippen LogP contribution in [0.4, 0.5) is 21.6 Å². The van der Waals surface area contributed by atoms with Gasteiger partial charge in [0.1, 0.15) is 11.6 Å². The first-order valence-corrected chi connectivity index (χ1v) is 6.55. The maximum absolute atomic E-state index is 13.5. The highest BCUT2D eigenvalue weighted by Crippen LogP contribution is 2.19. The Morgan fingerprint density at radius 3 is 2.64 bits per heavy atom. The molecule has 0 spiro atoms. The Bertz CT molecular complexity index is 770. The van der Waals surface area contributed by atoms with Crippen LogP contribution in [0.5, 0.6) is 0 Å². The summed E-state index contributed by atoms with van der Waals surface area (Å²) in [6.45, 7) is 0. The van der Waals surface area contributed by atoms with Crippen LogP contribution in [0.2, 0.25) is 0 Å². The topological polar surface area (TPSA) is 67.2 Å². The zero-order valence-electron chi connectivity index (χ0n) is 11.4. The summed E-state index contributed by atoms with van der Waals surface area (Å²) < 4.78 is 18.5. The van der Waals surface area contributed by atoms with E-state index < -0.39 is 0 Å². The number of pyridine rings is 1. The summed E-state index contributed by atoms with van der Waals surface area (Å²) in [4.78, 5) is 15.9. The molecule has 22 heavy (non-hydrogen) atoms. The van der Waals surface area contributed by atoms with Crippen molar-refractivity contribution < 1.29 is 13.6 Å². The molecule has 0 bridgehead atoms. The van der Waals surface area contributed by atoms with Crippen LogP contribution >= 0.6 is 0 Å². The van der Waals surface area contributed by atoms with Gasteiger partial charge >= 0.3 is 0 Å². The average molecular weight is 297 g/mol. The molecule has 0 aliphatic heterocycles. The number of carbonyl (C=O) groups is 1. The first kappa shape index (κ1) is 13.8. The Balaban J connectivity index is 1.68. The number of anilines is 3. The Hall–Kier alpha value is -3.15. The van der Waals surface area contributed by atoms with Crippen LogP contribution in [0.1, 0.15) is 10.6 Å². The van der Waals surface area contributed by atoms with Gasteiger partial charge in [0.05, 0.1) is 23.8 Å². The third-order valence-corrected chi connectivity index (χ3v) is 2.90. The summed E-state index contributed by atoms with van der Waals surface area (Å²) in [5.74, 6) is -0.0317. The highest BCUT2D eigenvalue weighted by molar-refractivity contribution is 6.02. The number of hydrogen-bond donors (Lipinski definition) is 2. The van der Waals surface area contributed by atoms with Gasteiger partial charge < -0.3 is 15.1 Å². The fourth-order valence-electron chi connectivity index (χ4n) is 1.84. The molecular formula is C16H12FN3O2. The second-order valence-corrected chi connectivity index (χ2v) is 4.47. The second-order valence-electron chi connectivity index (χ2n) is 4.47. The monoisotopic (exact) mass is 297 g/mol. The molecule has 2 heterocycles. The fourth-order valence-corrected chi connectivity index (χ4v) is 1.84. The highest BCUT2D eigenvalue weighted by Gasteiger charge is 2.09. The van der Waals surface area contributed by atoms with Crippen LogP contribution in [0.3, 0.4) is 0 Å². The molecule has 0 atom stereocenters. The number of halogens is 1. The number of carbonyl (C=O) groups excluding carboxylic acids is 1. The second kappa shape index (κ2) is 6.09. The van der Waals surface area contributed by atoms with Gasteiger partial charge in [-0.1, -0.05) is 12.1 Å². The molecular weight excluding hydrogens is 285 g/mol. The number of furan rings is 1. The summed E-state index contributed by atoms with van der Waals surface area (Å²) >= 11 is 0. The molecule has 0 saturated heterocycles. The SMILES string of the molecule is O=C(Nc1ccc(Nc2ccccc2F)nc1)c1ccco1. The van der Waals surface area contributed by atoms with Gasteiger partial charge in [-0.15, -0.1) is 0 Å². The van der Waals surface area contributed by atoms with Crippen molar-refractivity contribution in [1.82, 2.24) is 4.98 Å². The Labute approximate surface area is 125 Å². The molecule has 0 saturated carbocycles. The molecule has 1 amide bonds. The van der Waals surface area contributed by atoms with E-state index in [0.717, 1.165) is 0 Å². The highest BCUT2D eigenvalue weighted by atomic mass is 19.1. The molecule has 0 aliphatic carbocycles. The van der Waals surface area contributed by atoms with E-state index in [0.29, 0.717) is 17.2 Å². The quantitative estimate of drug-likeness (QED) is 0.768. The number of para-hydroxylation sites is 1. The third kappa shape index (κ3) is 3.12. The summed E-state index contributed by atoms with van der Waals surface area (Å²) in [5, 5.41) is 5.51. The smallest absolute Gasteiger partial charge is 0.291 e. The van der Waals surface area contributed by atoms with Crippen molar-refractivity contribution in [1.29, 1.82) is 0 Å². The Kier molecular flexibility index (Phi) is 3.82. The lowest BCUT2D eigenvalue weighted by molar-refractivity contribution is 0.0996. The molecule has 3 rings (SSSR count). The molecule has 6 heteroatoms. The van der Waals surface area contributed by atoms with Crippen molar-refractivity contribution in [2.45, 2.75) is 0 Å². The number of aromatic nitrogens is 1. The number of benzene rings is 1. The van der Waals surface area contributed by atoms with E-state index in [1.807, 2.05) is 0 Å². The van der Waals surface area contributed by atoms with Gasteiger partial charge in [0.15, 0.2) is 5.76 Å². The summed E-state index contributed by atoms with van der Waals surface area (Å²) in [7, 11) is 0. The predicted molar refractivity (Wildman–Crippen MR) is 80.6 cm³/mol. The van der Waals surface area contributed by atoms with Crippen molar-refractivity contribution >= 4 is 23.1 Å². The molecule has 110 valence electrons. The predicted octanol–water partition coefficient (Wildman–Crippen LogP) is 3.81. The van der Waals surface area contributed by atoms with E-state index in [2.05, 4.69) is 15.6 Å². The minimum Gasteiger partial charge on any atom is -0.459 e.